The molecule has 5 nitrogen and oxygen atoms in total. The van der Waals surface area contributed by atoms with E-state index in [1.54, 1.807) is 6.20 Å². The summed E-state index contributed by atoms with van der Waals surface area (Å²) in [6.45, 7) is 3.59. The minimum Gasteiger partial charge on any atom is -0.348 e. The first-order valence-electron chi connectivity index (χ1n) is 6.81. The molecule has 2 aromatic heterocycles. The fourth-order valence-electron chi connectivity index (χ4n) is 2.32. The van der Waals surface area contributed by atoms with Crippen LogP contribution >= 0.6 is 15.9 Å². The molecule has 6 heteroatoms. The van der Waals surface area contributed by atoms with Crippen LogP contribution in [0.25, 0.3) is 5.65 Å². The van der Waals surface area contributed by atoms with Gasteiger partial charge >= 0.3 is 0 Å². The third-order valence-corrected chi connectivity index (χ3v) is 3.70. The molecule has 2 heterocycles. The zero-order valence-electron chi connectivity index (χ0n) is 11.8. The average molecular weight is 346 g/mol. The Balaban J connectivity index is 1.99. The van der Waals surface area contributed by atoms with Crippen molar-refractivity contribution in [1.82, 2.24) is 19.6 Å². The van der Waals surface area contributed by atoms with Gasteiger partial charge in [0, 0.05) is 30.8 Å². The number of nitrogens with zero attached hydrogens (tertiary/aromatic N) is 5. The lowest BCUT2D eigenvalue weighted by Gasteiger charge is -2.23. The number of hydrogen-bond donors (Lipinski definition) is 0. The fourth-order valence-corrected chi connectivity index (χ4v) is 2.75. The van der Waals surface area contributed by atoms with Crippen LogP contribution in [0.2, 0.25) is 0 Å². The molecule has 0 saturated carbocycles. The number of aryl methyl sites for hydroxylation is 1. The summed E-state index contributed by atoms with van der Waals surface area (Å²) in [5.74, 6) is 1.73. The Morgan fingerprint density at radius 1 is 1.19 bits per heavy atom. The van der Waals surface area contributed by atoms with Crippen molar-refractivity contribution in [2.24, 2.45) is 0 Å². The van der Waals surface area contributed by atoms with E-state index in [4.69, 9.17) is 0 Å². The molecule has 0 N–H and O–H groups in total. The zero-order chi connectivity index (χ0) is 14.7. The molecule has 108 valence electrons. The molecule has 0 fully saturated rings. The highest BCUT2D eigenvalue weighted by atomic mass is 79.9. The van der Waals surface area contributed by atoms with Gasteiger partial charge in [-0.3, -0.25) is 4.40 Å². The van der Waals surface area contributed by atoms with E-state index >= 15 is 0 Å². The molecular formula is C15H16BrN5. The number of benzene rings is 1. The standard InChI is InChI=1S/C15H16BrN5/c1-12-18-19-15-14(17-8-10-21(12)15)20(9-7-16)11-13-5-3-2-4-6-13/h2-6,8,10H,7,9,11H2,1H3. The van der Waals surface area contributed by atoms with E-state index in [9.17, 15) is 0 Å². The minimum atomic E-state index is 0.797. The molecular weight excluding hydrogens is 330 g/mol. The average Bonchev–Trinajstić information content (AvgIpc) is 2.90. The molecule has 0 aliphatic heterocycles. The van der Waals surface area contributed by atoms with Gasteiger partial charge in [0.25, 0.3) is 0 Å². The third kappa shape index (κ3) is 2.90. The SMILES string of the molecule is Cc1nnc2c(N(CCBr)Cc3ccccc3)nccn12. The summed E-state index contributed by atoms with van der Waals surface area (Å²) in [7, 11) is 0. The van der Waals surface area contributed by atoms with Crippen LogP contribution in [-0.2, 0) is 6.54 Å². The third-order valence-electron chi connectivity index (χ3n) is 3.35. The van der Waals surface area contributed by atoms with Crippen LogP contribution in [0, 0.1) is 6.92 Å². The fraction of sp³-hybridized carbons (Fsp3) is 0.267. The summed E-state index contributed by atoms with van der Waals surface area (Å²) >= 11 is 3.52. The lowest BCUT2D eigenvalue weighted by molar-refractivity contribution is 0.818. The first-order chi connectivity index (χ1) is 10.3. The molecule has 0 radical (unpaired) electrons. The molecule has 0 amide bonds. The molecule has 3 aromatic rings. The van der Waals surface area contributed by atoms with E-state index in [1.165, 1.54) is 5.56 Å². The second-order valence-corrected chi connectivity index (χ2v) is 5.58. The predicted octanol–water partition coefficient (Wildman–Crippen LogP) is 2.83. The number of alkyl halides is 1. The van der Waals surface area contributed by atoms with Gasteiger partial charge < -0.3 is 4.90 Å². The van der Waals surface area contributed by atoms with E-state index in [-0.39, 0.29) is 0 Å². The van der Waals surface area contributed by atoms with Crippen molar-refractivity contribution < 1.29 is 0 Å². The summed E-state index contributed by atoms with van der Waals surface area (Å²) in [4.78, 5) is 6.73. The summed E-state index contributed by atoms with van der Waals surface area (Å²) in [6.07, 6.45) is 3.69. The van der Waals surface area contributed by atoms with Crippen molar-refractivity contribution in [1.29, 1.82) is 0 Å². The van der Waals surface area contributed by atoms with Crippen molar-refractivity contribution in [3.8, 4) is 0 Å². The smallest absolute Gasteiger partial charge is 0.203 e. The Hall–Kier alpha value is -1.95. The maximum atomic E-state index is 4.52. The van der Waals surface area contributed by atoms with Gasteiger partial charge in [0.15, 0.2) is 5.82 Å². The van der Waals surface area contributed by atoms with Gasteiger partial charge in [-0.15, -0.1) is 10.2 Å². The van der Waals surface area contributed by atoms with Crippen LogP contribution in [0.4, 0.5) is 5.82 Å². The number of hydrogen-bond acceptors (Lipinski definition) is 4. The van der Waals surface area contributed by atoms with Gasteiger partial charge in [-0.1, -0.05) is 46.3 Å². The van der Waals surface area contributed by atoms with Crippen LogP contribution in [-0.4, -0.2) is 31.5 Å². The summed E-state index contributed by atoms with van der Waals surface area (Å²) < 4.78 is 1.97. The maximum absolute atomic E-state index is 4.52. The maximum Gasteiger partial charge on any atom is 0.203 e. The van der Waals surface area contributed by atoms with E-state index in [2.05, 4.69) is 60.3 Å². The van der Waals surface area contributed by atoms with Crippen LogP contribution in [0.15, 0.2) is 42.7 Å². The topological polar surface area (TPSA) is 46.3 Å². The number of rotatable bonds is 5. The molecule has 0 aliphatic rings. The van der Waals surface area contributed by atoms with Crippen molar-refractivity contribution >= 4 is 27.4 Å². The van der Waals surface area contributed by atoms with Gasteiger partial charge in [-0.05, 0) is 12.5 Å². The monoisotopic (exact) mass is 345 g/mol. The van der Waals surface area contributed by atoms with Crippen molar-refractivity contribution in [3.05, 3.63) is 54.1 Å². The highest BCUT2D eigenvalue weighted by Gasteiger charge is 2.15. The summed E-state index contributed by atoms with van der Waals surface area (Å²) in [5, 5.41) is 9.27. The number of fused-ring (bicyclic) bond motifs is 1. The van der Waals surface area contributed by atoms with Crippen molar-refractivity contribution in [3.63, 3.8) is 0 Å². The highest BCUT2D eigenvalue weighted by molar-refractivity contribution is 9.09. The Labute approximate surface area is 131 Å². The molecule has 21 heavy (non-hydrogen) atoms. The van der Waals surface area contributed by atoms with Gasteiger partial charge in [0.2, 0.25) is 5.65 Å². The summed E-state index contributed by atoms with van der Waals surface area (Å²) in [6, 6.07) is 10.4. The molecule has 3 rings (SSSR count). The first-order valence-corrected chi connectivity index (χ1v) is 7.93. The molecule has 0 atom stereocenters. The van der Waals surface area contributed by atoms with Gasteiger partial charge in [0.1, 0.15) is 5.82 Å². The first kappa shape index (κ1) is 14.0. The normalized spacial score (nSPS) is 11.0. The molecule has 0 bridgehead atoms. The van der Waals surface area contributed by atoms with Crippen molar-refractivity contribution in [2.75, 3.05) is 16.8 Å². The van der Waals surface area contributed by atoms with E-state index in [1.807, 2.05) is 23.6 Å². The van der Waals surface area contributed by atoms with Crippen LogP contribution in [0.5, 0.6) is 0 Å². The van der Waals surface area contributed by atoms with Gasteiger partial charge in [0.05, 0.1) is 0 Å². The Morgan fingerprint density at radius 2 is 2.00 bits per heavy atom. The zero-order valence-corrected chi connectivity index (χ0v) is 13.4. The van der Waals surface area contributed by atoms with E-state index in [0.29, 0.717) is 0 Å². The van der Waals surface area contributed by atoms with Crippen LogP contribution < -0.4 is 4.90 Å². The summed E-state index contributed by atoms with van der Waals surface area (Å²) in [5.41, 5.74) is 2.05. The lowest BCUT2D eigenvalue weighted by atomic mass is 10.2. The van der Waals surface area contributed by atoms with E-state index < -0.39 is 0 Å². The van der Waals surface area contributed by atoms with Gasteiger partial charge in [-0.2, -0.15) is 0 Å². The van der Waals surface area contributed by atoms with Crippen molar-refractivity contribution in [2.45, 2.75) is 13.5 Å². The number of halogens is 1. The minimum absolute atomic E-state index is 0.797. The molecule has 0 unspecified atom stereocenters. The quantitative estimate of drug-likeness (QED) is 0.667. The lowest BCUT2D eigenvalue weighted by Crippen LogP contribution is -2.26. The molecule has 0 saturated heterocycles. The van der Waals surface area contributed by atoms with Crippen LogP contribution in [0.3, 0.4) is 0 Å². The molecule has 0 aliphatic carbocycles. The number of aromatic nitrogens is 4. The Kier molecular flexibility index (Phi) is 4.15. The second kappa shape index (κ2) is 6.22. The Bertz CT molecular complexity index is 725. The predicted molar refractivity (Wildman–Crippen MR) is 86.8 cm³/mol. The van der Waals surface area contributed by atoms with Gasteiger partial charge in [-0.25, -0.2) is 4.98 Å². The Morgan fingerprint density at radius 3 is 2.76 bits per heavy atom. The second-order valence-electron chi connectivity index (χ2n) is 4.79. The highest BCUT2D eigenvalue weighted by Crippen LogP contribution is 2.20. The molecule has 0 spiro atoms. The largest absolute Gasteiger partial charge is 0.348 e. The number of anilines is 1. The van der Waals surface area contributed by atoms with Crippen LogP contribution in [0.1, 0.15) is 11.4 Å². The molecule has 1 aromatic carbocycles. The van der Waals surface area contributed by atoms with E-state index in [0.717, 1.165) is 35.7 Å².